The third kappa shape index (κ3) is 4.17. The molecule has 96 valence electrons. The summed E-state index contributed by atoms with van der Waals surface area (Å²) in [6.07, 6.45) is -0.645. The molecule has 1 aromatic carbocycles. The van der Waals surface area contributed by atoms with Gasteiger partial charge in [-0.15, -0.1) is 0 Å². The average Bonchev–Trinajstić information content (AvgIpc) is 2.29. The highest BCUT2D eigenvalue weighted by molar-refractivity contribution is 9.10. The van der Waals surface area contributed by atoms with Gasteiger partial charge in [0.2, 0.25) is 5.91 Å². The fourth-order valence-electron chi connectivity index (χ4n) is 1.18. The second kappa shape index (κ2) is 6.15. The normalized spacial score (nSPS) is 9.83. The van der Waals surface area contributed by atoms with E-state index in [-0.39, 0.29) is 17.7 Å². The van der Waals surface area contributed by atoms with Crippen molar-refractivity contribution >= 4 is 39.5 Å². The lowest BCUT2D eigenvalue weighted by Crippen LogP contribution is -2.24. The number of rotatable bonds is 5. The number of halogens is 1. The van der Waals surface area contributed by atoms with E-state index < -0.39 is 24.3 Å². The lowest BCUT2D eigenvalue weighted by atomic mass is 10.2. The predicted molar refractivity (Wildman–Crippen MR) is 61.3 cm³/mol. The standard InChI is InChI=1S/C11H10BrNO5/c12-7-2-1-6(11(17)18)5-8(7)13-9(14)3-4-10(15)16/h1-2,5H,3-4H2,(H,13,14)(H,15,16)(H,17,18)/p-2. The fraction of sp³-hybridized carbons (Fsp3) is 0.182. The van der Waals surface area contributed by atoms with E-state index in [0.717, 1.165) is 0 Å². The van der Waals surface area contributed by atoms with Crippen molar-refractivity contribution in [2.45, 2.75) is 12.8 Å². The molecule has 0 aromatic heterocycles. The molecule has 6 nitrogen and oxygen atoms in total. The monoisotopic (exact) mass is 313 g/mol. The van der Waals surface area contributed by atoms with Gasteiger partial charge in [-0.05, 0) is 40.0 Å². The van der Waals surface area contributed by atoms with Crippen LogP contribution in [0.4, 0.5) is 5.69 Å². The Hall–Kier alpha value is -1.89. The SMILES string of the molecule is O=C([O-])CCC(=O)Nc1cc(C(=O)[O-])ccc1Br. The van der Waals surface area contributed by atoms with Crippen LogP contribution in [0.3, 0.4) is 0 Å². The number of benzene rings is 1. The molecule has 1 rings (SSSR count). The number of hydrogen-bond acceptors (Lipinski definition) is 5. The van der Waals surface area contributed by atoms with Crippen molar-refractivity contribution in [3.05, 3.63) is 28.2 Å². The van der Waals surface area contributed by atoms with Crippen molar-refractivity contribution in [2.24, 2.45) is 0 Å². The molecule has 0 spiro atoms. The van der Waals surface area contributed by atoms with Gasteiger partial charge >= 0.3 is 0 Å². The second-order valence-corrected chi connectivity index (χ2v) is 4.26. The minimum absolute atomic E-state index is 0.0894. The highest BCUT2D eigenvalue weighted by Gasteiger charge is 2.07. The van der Waals surface area contributed by atoms with Gasteiger partial charge in [0.1, 0.15) is 0 Å². The molecule has 0 aliphatic heterocycles. The maximum atomic E-state index is 11.4. The number of carbonyl (C=O) groups excluding carboxylic acids is 3. The molecule has 1 amide bonds. The van der Waals surface area contributed by atoms with Crippen molar-refractivity contribution in [2.75, 3.05) is 5.32 Å². The van der Waals surface area contributed by atoms with E-state index in [4.69, 9.17) is 0 Å². The number of amides is 1. The van der Waals surface area contributed by atoms with E-state index >= 15 is 0 Å². The molecule has 0 aliphatic rings. The summed E-state index contributed by atoms with van der Waals surface area (Å²) in [4.78, 5) is 32.2. The van der Waals surface area contributed by atoms with Gasteiger partial charge in [0.25, 0.3) is 0 Å². The first kappa shape index (κ1) is 14.2. The number of carboxylic acids is 2. The maximum absolute atomic E-state index is 11.4. The van der Waals surface area contributed by atoms with Crippen LogP contribution in [0.5, 0.6) is 0 Å². The van der Waals surface area contributed by atoms with Crippen LogP contribution in [-0.2, 0) is 9.59 Å². The Kier molecular flexibility index (Phi) is 4.85. The lowest BCUT2D eigenvalue weighted by molar-refractivity contribution is -0.305. The van der Waals surface area contributed by atoms with Crippen LogP contribution in [0, 0.1) is 0 Å². The zero-order chi connectivity index (χ0) is 13.7. The first-order valence-corrected chi connectivity index (χ1v) is 5.70. The molecule has 0 bridgehead atoms. The first-order chi connectivity index (χ1) is 8.40. The van der Waals surface area contributed by atoms with Gasteiger partial charge in [-0.25, -0.2) is 0 Å². The third-order valence-corrected chi connectivity index (χ3v) is 2.72. The molecule has 18 heavy (non-hydrogen) atoms. The van der Waals surface area contributed by atoms with Gasteiger partial charge in [-0.3, -0.25) is 4.79 Å². The quantitative estimate of drug-likeness (QED) is 0.771. The molecule has 0 unspecified atom stereocenters. The van der Waals surface area contributed by atoms with Gasteiger partial charge in [0, 0.05) is 16.9 Å². The topological polar surface area (TPSA) is 109 Å². The summed E-state index contributed by atoms with van der Waals surface area (Å²) < 4.78 is 0.481. The Morgan fingerprint density at radius 2 is 1.83 bits per heavy atom. The van der Waals surface area contributed by atoms with E-state index in [1.54, 1.807) is 0 Å². The highest BCUT2D eigenvalue weighted by atomic mass is 79.9. The molecule has 1 N–H and O–H groups in total. The number of aliphatic carboxylic acids is 1. The van der Waals surface area contributed by atoms with E-state index in [1.165, 1.54) is 18.2 Å². The van der Waals surface area contributed by atoms with Gasteiger partial charge in [0.15, 0.2) is 0 Å². The highest BCUT2D eigenvalue weighted by Crippen LogP contribution is 2.23. The van der Waals surface area contributed by atoms with Gasteiger partial charge < -0.3 is 25.1 Å². The van der Waals surface area contributed by atoms with Gasteiger partial charge in [-0.2, -0.15) is 0 Å². The Bertz CT molecular complexity index is 500. The van der Waals surface area contributed by atoms with Crippen LogP contribution >= 0.6 is 15.9 Å². The molecule has 0 aliphatic carbocycles. The van der Waals surface area contributed by atoms with Crippen LogP contribution < -0.4 is 15.5 Å². The van der Waals surface area contributed by atoms with Gasteiger partial charge in [0.05, 0.1) is 11.7 Å². The smallest absolute Gasteiger partial charge is 0.224 e. The van der Waals surface area contributed by atoms with Crippen molar-refractivity contribution in [1.82, 2.24) is 0 Å². The van der Waals surface area contributed by atoms with Crippen LogP contribution in [-0.4, -0.2) is 17.8 Å². The summed E-state index contributed by atoms with van der Waals surface area (Å²) >= 11 is 3.13. The van der Waals surface area contributed by atoms with Crippen molar-refractivity contribution in [3.8, 4) is 0 Å². The molecular weight excluding hydrogens is 306 g/mol. The lowest BCUT2D eigenvalue weighted by Gasteiger charge is -2.10. The Morgan fingerprint density at radius 1 is 1.17 bits per heavy atom. The van der Waals surface area contributed by atoms with Crippen molar-refractivity contribution < 1.29 is 24.6 Å². The number of carbonyl (C=O) groups is 3. The predicted octanol–water partition coefficient (Wildman–Crippen LogP) is -0.719. The average molecular weight is 314 g/mol. The first-order valence-electron chi connectivity index (χ1n) is 4.90. The number of anilines is 1. The molecule has 0 radical (unpaired) electrons. The molecule has 1 aromatic rings. The molecule has 0 atom stereocenters. The van der Waals surface area contributed by atoms with Crippen LogP contribution in [0.2, 0.25) is 0 Å². The Morgan fingerprint density at radius 3 is 2.39 bits per heavy atom. The number of carboxylic acid groups (broad SMARTS) is 2. The van der Waals surface area contributed by atoms with Crippen LogP contribution in [0.15, 0.2) is 22.7 Å². The number of aromatic carboxylic acids is 1. The largest absolute Gasteiger partial charge is 0.550 e. The van der Waals surface area contributed by atoms with E-state index in [2.05, 4.69) is 21.2 Å². The van der Waals surface area contributed by atoms with Crippen LogP contribution in [0.25, 0.3) is 0 Å². The minimum atomic E-state index is -1.37. The molecule has 0 heterocycles. The Labute approximate surface area is 111 Å². The number of hydrogen-bond donors (Lipinski definition) is 1. The maximum Gasteiger partial charge on any atom is 0.224 e. The van der Waals surface area contributed by atoms with Crippen LogP contribution in [0.1, 0.15) is 23.2 Å². The third-order valence-electron chi connectivity index (χ3n) is 2.03. The molecule has 0 saturated carbocycles. The van der Waals surface area contributed by atoms with E-state index in [0.29, 0.717) is 4.47 Å². The Balaban J connectivity index is 2.77. The van der Waals surface area contributed by atoms with Gasteiger partial charge in [-0.1, -0.05) is 6.07 Å². The summed E-state index contributed by atoms with van der Waals surface area (Å²) in [5.41, 5.74) is 0.147. The van der Waals surface area contributed by atoms with Crippen molar-refractivity contribution in [1.29, 1.82) is 0 Å². The molecular formula is C11H8BrNO5-2. The summed E-state index contributed by atoms with van der Waals surface area (Å²) in [5, 5.41) is 23.2. The number of nitrogens with one attached hydrogen (secondary N) is 1. The summed E-state index contributed by atoms with van der Waals surface area (Å²) in [6, 6.07) is 3.98. The zero-order valence-corrected chi connectivity index (χ0v) is 10.7. The molecule has 0 saturated heterocycles. The summed E-state index contributed by atoms with van der Waals surface area (Å²) in [7, 11) is 0. The van der Waals surface area contributed by atoms with E-state index in [1.807, 2.05) is 0 Å². The van der Waals surface area contributed by atoms with Crippen molar-refractivity contribution in [3.63, 3.8) is 0 Å². The summed E-state index contributed by atoms with van der Waals surface area (Å²) in [6.45, 7) is 0. The second-order valence-electron chi connectivity index (χ2n) is 3.40. The zero-order valence-electron chi connectivity index (χ0n) is 9.07. The molecule has 7 heteroatoms. The molecule has 0 fully saturated rings. The van der Waals surface area contributed by atoms with E-state index in [9.17, 15) is 24.6 Å². The summed E-state index contributed by atoms with van der Waals surface area (Å²) in [5.74, 6) is -3.24. The fourth-order valence-corrected chi connectivity index (χ4v) is 1.52. The minimum Gasteiger partial charge on any atom is -0.550 e.